The van der Waals surface area contributed by atoms with Crippen molar-refractivity contribution < 1.29 is 5.11 Å². The number of aliphatic hydroxyl groups excluding tert-OH is 1. The largest absolute Gasteiger partial charge is 0.392 e. The van der Waals surface area contributed by atoms with E-state index >= 15 is 0 Å². The molecule has 0 aliphatic heterocycles. The molecular weight excluding hydrogens is 857 g/mol. The SMILES string of the molecule is C/C=C(\C=C/C(C)C1=CC=CC2C(C)C3C=CC=CC3C12)C(C)(C)C.C=C(C)/C=C(C)\C=C(\C)C(C)/C(=C/C)C1C(C)C(O)C2C=CC=CC21.C=CC#CC(C=C)C1=CC=CC2C(C)C3C=CC=CC3C12. The van der Waals surface area contributed by atoms with Gasteiger partial charge in [-0.05, 0) is 146 Å². The molecule has 0 aromatic heterocycles. The van der Waals surface area contributed by atoms with E-state index in [9.17, 15) is 5.11 Å². The summed E-state index contributed by atoms with van der Waals surface area (Å²) in [6, 6.07) is 0. The van der Waals surface area contributed by atoms with Crippen LogP contribution in [-0.2, 0) is 0 Å². The second-order valence-corrected chi connectivity index (χ2v) is 23.2. The smallest absolute Gasteiger partial charge is 0.0640 e. The van der Waals surface area contributed by atoms with E-state index in [1.807, 2.05) is 13.0 Å². The van der Waals surface area contributed by atoms with Gasteiger partial charge in [0.1, 0.15) is 0 Å². The topological polar surface area (TPSA) is 20.2 Å². The average Bonchev–Trinajstić information content (AvgIpc) is 3.92. The molecule has 0 bridgehead atoms. The molecule has 18 atom stereocenters. The third-order valence-electron chi connectivity index (χ3n) is 17.7. The number of allylic oxidation sites excluding steroid dienone is 32. The third kappa shape index (κ3) is 12.2. The van der Waals surface area contributed by atoms with Gasteiger partial charge in [0.25, 0.3) is 0 Å². The minimum absolute atomic E-state index is 0.130. The summed E-state index contributed by atoms with van der Waals surface area (Å²) in [6.45, 7) is 40.9. The highest BCUT2D eigenvalue weighted by Crippen LogP contribution is 2.56. The van der Waals surface area contributed by atoms with Crippen molar-refractivity contribution in [2.24, 2.45) is 106 Å². The normalized spacial score (nSPS) is 35.5. The summed E-state index contributed by atoms with van der Waals surface area (Å²) in [7, 11) is 0. The molecule has 0 spiro atoms. The molecule has 1 N–H and O–H groups in total. The molecule has 1 heteroatoms. The molecule has 71 heavy (non-hydrogen) atoms. The number of aliphatic hydroxyl groups is 1. The lowest BCUT2D eigenvalue weighted by atomic mass is 9.73. The molecule has 1 nitrogen and oxygen atoms in total. The Morgan fingerprint density at radius 1 is 0.634 bits per heavy atom. The van der Waals surface area contributed by atoms with Crippen molar-refractivity contribution in [3.63, 3.8) is 0 Å². The first-order chi connectivity index (χ1) is 33.9. The summed E-state index contributed by atoms with van der Waals surface area (Å²) < 4.78 is 0. The quantitative estimate of drug-likeness (QED) is 0.131. The van der Waals surface area contributed by atoms with Gasteiger partial charge < -0.3 is 5.11 Å². The summed E-state index contributed by atoms with van der Waals surface area (Å²) in [6.07, 6.45) is 58.4. The first-order valence-corrected chi connectivity index (χ1v) is 27.2. The first kappa shape index (κ1) is 55.2. The standard InChI is InChI=1S/C25H34.C24H34O.C21H22/c1-7-19(25(4,5)6)16-15-17(2)20-13-10-14-22-18(3)21-11-8-9-12-23(21)24(20)22;1-8-20(18(6)17(5)14-16(4)13-15(2)3)23-19(7)24(25)22-12-10-9-11-21(22)23;1-4-6-10-16(5-2)19-14-9-13-18-15(3)17-11-7-8-12-20(17)21(18)19/h7-18,21-24H,1-6H3;8-14,18-19,21-25H,2H2,1,3-7H3;4-5,7-9,11-18,20-21H,1-2H2,3H3/b16-15-,19-7+;16-13-,17-14-,20-8-;. The summed E-state index contributed by atoms with van der Waals surface area (Å²) >= 11 is 0. The van der Waals surface area contributed by atoms with E-state index in [4.69, 9.17) is 0 Å². The number of fused-ring (bicyclic) bond motifs is 7. The van der Waals surface area contributed by atoms with Crippen LogP contribution in [0.25, 0.3) is 0 Å². The molecule has 8 aliphatic carbocycles. The van der Waals surface area contributed by atoms with Crippen LogP contribution in [0.2, 0.25) is 0 Å². The number of hydrogen-bond donors (Lipinski definition) is 1. The van der Waals surface area contributed by atoms with Gasteiger partial charge in [-0.15, -0.1) is 6.58 Å². The van der Waals surface area contributed by atoms with Gasteiger partial charge >= 0.3 is 0 Å². The van der Waals surface area contributed by atoms with Crippen molar-refractivity contribution >= 4 is 0 Å². The van der Waals surface area contributed by atoms with Crippen molar-refractivity contribution in [2.45, 2.75) is 96.1 Å². The maximum Gasteiger partial charge on any atom is 0.0640 e. The van der Waals surface area contributed by atoms with Crippen molar-refractivity contribution in [1.82, 2.24) is 0 Å². The van der Waals surface area contributed by atoms with Crippen molar-refractivity contribution in [3.8, 4) is 11.8 Å². The van der Waals surface area contributed by atoms with Gasteiger partial charge in [-0.3, -0.25) is 0 Å². The molecule has 0 saturated heterocycles. The molecule has 18 unspecified atom stereocenters. The summed E-state index contributed by atoms with van der Waals surface area (Å²) in [5.41, 5.74) is 9.80. The van der Waals surface area contributed by atoms with Crippen LogP contribution in [0, 0.1) is 118 Å². The van der Waals surface area contributed by atoms with Crippen LogP contribution in [0.15, 0.2) is 217 Å². The van der Waals surface area contributed by atoms with Crippen LogP contribution in [0.1, 0.15) is 90.0 Å². The fourth-order valence-corrected chi connectivity index (χ4v) is 14.0. The molecule has 0 aromatic carbocycles. The summed E-state index contributed by atoms with van der Waals surface area (Å²) in [4.78, 5) is 0. The molecule has 376 valence electrons. The number of hydrogen-bond acceptors (Lipinski definition) is 1. The van der Waals surface area contributed by atoms with E-state index in [0.717, 1.165) is 11.5 Å². The first-order valence-electron chi connectivity index (χ1n) is 27.2. The van der Waals surface area contributed by atoms with E-state index < -0.39 is 0 Å². The zero-order valence-corrected chi connectivity index (χ0v) is 46.0. The highest BCUT2D eigenvalue weighted by atomic mass is 16.3. The highest BCUT2D eigenvalue weighted by molar-refractivity contribution is 5.41. The van der Waals surface area contributed by atoms with Crippen LogP contribution in [-0.4, -0.2) is 11.2 Å². The van der Waals surface area contributed by atoms with Gasteiger partial charge in [0.05, 0.1) is 12.0 Å². The minimum Gasteiger partial charge on any atom is -0.392 e. The maximum absolute atomic E-state index is 10.7. The van der Waals surface area contributed by atoms with Crippen molar-refractivity contribution in [3.05, 3.63) is 217 Å². The van der Waals surface area contributed by atoms with Gasteiger partial charge in [0, 0.05) is 5.92 Å². The molecule has 8 aliphatic rings. The molecule has 0 aromatic rings. The Kier molecular flexibility index (Phi) is 19.0. The van der Waals surface area contributed by atoms with Gasteiger partial charge in [0.15, 0.2) is 0 Å². The van der Waals surface area contributed by atoms with Crippen LogP contribution in [0.5, 0.6) is 0 Å². The van der Waals surface area contributed by atoms with E-state index in [0.29, 0.717) is 76.9 Å². The Labute approximate surface area is 433 Å². The van der Waals surface area contributed by atoms with Crippen LogP contribution in [0.3, 0.4) is 0 Å². The predicted molar refractivity (Wildman–Crippen MR) is 310 cm³/mol. The monoisotopic (exact) mass is 947 g/mol. The highest BCUT2D eigenvalue weighted by Gasteiger charge is 2.50. The van der Waals surface area contributed by atoms with E-state index in [1.165, 1.54) is 27.9 Å². The molecule has 3 fully saturated rings. The number of rotatable bonds is 10. The van der Waals surface area contributed by atoms with Crippen molar-refractivity contribution in [1.29, 1.82) is 0 Å². The zero-order valence-electron chi connectivity index (χ0n) is 46.0. The Morgan fingerprint density at radius 3 is 1.62 bits per heavy atom. The Bertz CT molecular complexity index is 2490. The Morgan fingerprint density at radius 2 is 1.13 bits per heavy atom. The Hall–Kier alpha value is -5.16. The Balaban J connectivity index is 0.000000175. The van der Waals surface area contributed by atoms with Gasteiger partial charge in [0.2, 0.25) is 0 Å². The zero-order chi connectivity index (χ0) is 51.7. The van der Waals surface area contributed by atoms with E-state index in [1.54, 1.807) is 11.6 Å². The average molecular weight is 947 g/mol. The van der Waals surface area contributed by atoms with Crippen LogP contribution in [0.4, 0.5) is 0 Å². The fraction of sp³-hybridized carbons (Fsp3) is 0.457. The lowest BCUT2D eigenvalue weighted by molar-refractivity contribution is 0.107. The third-order valence-corrected chi connectivity index (χ3v) is 17.7. The van der Waals surface area contributed by atoms with Gasteiger partial charge in [-0.1, -0.05) is 260 Å². The molecule has 8 rings (SSSR count). The minimum atomic E-state index is -0.257. The fourth-order valence-electron chi connectivity index (χ4n) is 14.0. The maximum atomic E-state index is 10.7. The molecule has 0 radical (unpaired) electrons. The molecule has 0 amide bonds. The molecular formula is C70H90O. The van der Waals surface area contributed by atoms with Crippen LogP contribution >= 0.6 is 0 Å². The predicted octanol–water partition coefficient (Wildman–Crippen LogP) is 17.6. The summed E-state index contributed by atoms with van der Waals surface area (Å²) in [5.74, 6) is 15.1. The lowest BCUT2D eigenvalue weighted by Gasteiger charge is -2.31. The second kappa shape index (κ2) is 24.5. The lowest BCUT2D eigenvalue weighted by Crippen LogP contribution is -2.23. The summed E-state index contributed by atoms with van der Waals surface area (Å²) in [5, 5.41) is 10.7. The molecule has 3 saturated carbocycles. The van der Waals surface area contributed by atoms with E-state index in [-0.39, 0.29) is 29.3 Å². The second-order valence-electron chi connectivity index (χ2n) is 23.2. The van der Waals surface area contributed by atoms with Crippen LogP contribution < -0.4 is 0 Å². The van der Waals surface area contributed by atoms with E-state index in [2.05, 4.69) is 260 Å². The van der Waals surface area contributed by atoms with Crippen molar-refractivity contribution in [2.75, 3.05) is 0 Å². The van der Waals surface area contributed by atoms with Gasteiger partial charge in [-0.25, -0.2) is 0 Å². The van der Waals surface area contributed by atoms with Gasteiger partial charge in [-0.2, -0.15) is 0 Å². The molecule has 0 heterocycles.